The second kappa shape index (κ2) is 8.30. The van der Waals surface area contributed by atoms with E-state index in [1.165, 1.54) is 0 Å². The SMILES string of the molecule is CNC[C@@H](O)[C@H](c1ccccc1)n1ccc2cc(Oc3ccccc3)ccc21. The average Bonchev–Trinajstić information content (AvgIpc) is 3.13. The molecule has 2 atom stereocenters. The van der Waals surface area contributed by atoms with E-state index in [1.54, 1.807) is 0 Å². The van der Waals surface area contributed by atoms with Crippen molar-refractivity contribution in [1.29, 1.82) is 0 Å². The number of aliphatic hydroxyl groups excluding tert-OH is 1. The zero-order valence-electron chi connectivity index (χ0n) is 15.8. The molecule has 0 bridgehead atoms. The molecule has 0 spiro atoms. The van der Waals surface area contributed by atoms with Crippen LogP contribution >= 0.6 is 0 Å². The van der Waals surface area contributed by atoms with Gasteiger partial charge in [0.1, 0.15) is 11.5 Å². The number of benzene rings is 3. The first-order chi connectivity index (χ1) is 13.8. The molecule has 0 aliphatic rings. The molecule has 0 aliphatic carbocycles. The standard InChI is InChI=1S/C24H24N2O2/c1-25-17-23(27)24(18-8-4-2-5-9-18)26-15-14-19-16-21(12-13-22(19)26)28-20-10-6-3-7-11-20/h2-16,23-25,27H,17H2,1H3/t23-,24+/m1/s1. The maximum atomic E-state index is 10.8. The summed E-state index contributed by atoms with van der Waals surface area (Å²) in [4.78, 5) is 0. The Hall–Kier alpha value is -3.08. The van der Waals surface area contributed by atoms with E-state index in [2.05, 4.69) is 34.1 Å². The van der Waals surface area contributed by atoms with E-state index in [0.717, 1.165) is 28.0 Å². The Kier molecular flexibility index (Phi) is 5.42. The van der Waals surface area contributed by atoms with Crippen molar-refractivity contribution in [2.24, 2.45) is 0 Å². The van der Waals surface area contributed by atoms with Gasteiger partial charge in [0.25, 0.3) is 0 Å². The van der Waals surface area contributed by atoms with E-state index in [1.807, 2.05) is 73.9 Å². The fraction of sp³-hybridized carbons (Fsp3) is 0.167. The topological polar surface area (TPSA) is 46.4 Å². The molecule has 4 nitrogen and oxygen atoms in total. The number of nitrogens with one attached hydrogen (secondary N) is 1. The van der Waals surface area contributed by atoms with E-state index < -0.39 is 6.10 Å². The highest BCUT2D eigenvalue weighted by Gasteiger charge is 2.23. The summed E-state index contributed by atoms with van der Waals surface area (Å²) in [6, 6.07) is 27.8. The van der Waals surface area contributed by atoms with Gasteiger partial charge in [0.2, 0.25) is 0 Å². The fourth-order valence-corrected chi connectivity index (χ4v) is 3.61. The molecule has 0 amide bonds. The first-order valence-electron chi connectivity index (χ1n) is 9.47. The van der Waals surface area contributed by atoms with Gasteiger partial charge >= 0.3 is 0 Å². The lowest BCUT2D eigenvalue weighted by Gasteiger charge is -2.26. The Morgan fingerprint density at radius 2 is 1.61 bits per heavy atom. The van der Waals surface area contributed by atoms with Gasteiger partial charge in [-0.2, -0.15) is 0 Å². The van der Waals surface area contributed by atoms with Crippen molar-refractivity contribution < 1.29 is 9.84 Å². The van der Waals surface area contributed by atoms with Gasteiger partial charge in [-0.15, -0.1) is 0 Å². The zero-order valence-corrected chi connectivity index (χ0v) is 15.8. The van der Waals surface area contributed by atoms with Crippen molar-refractivity contribution in [2.45, 2.75) is 12.1 Å². The minimum atomic E-state index is -0.553. The molecule has 1 heterocycles. The highest BCUT2D eigenvalue weighted by molar-refractivity contribution is 5.82. The van der Waals surface area contributed by atoms with E-state index in [4.69, 9.17) is 4.74 Å². The monoisotopic (exact) mass is 372 g/mol. The van der Waals surface area contributed by atoms with Crippen LogP contribution in [0.2, 0.25) is 0 Å². The third kappa shape index (κ3) is 3.79. The van der Waals surface area contributed by atoms with Crippen LogP contribution in [0.3, 0.4) is 0 Å². The van der Waals surface area contributed by atoms with E-state index >= 15 is 0 Å². The number of likely N-dealkylation sites (N-methyl/N-ethyl adjacent to an activating group) is 1. The summed E-state index contributed by atoms with van der Waals surface area (Å²) in [6.07, 6.45) is 1.48. The smallest absolute Gasteiger partial charge is 0.128 e. The molecule has 0 saturated heterocycles. The third-order valence-corrected chi connectivity index (χ3v) is 4.89. The molecular weight excluding hydrogens is 348 g/mol. The lowest BCUT2D eigenvalue weighted by atomic mass is 10.0. The summed E-state index contributed by atoms with van der Waals surface area (Å²) in [6.45, 7) is 0.508. The van der Waals surface area contributed by atoms with E-state index in [9.17, 15) is 5.11 Å². The summed E-state index contributed by atoms with van der Waals surface area (Å²) in [7, 11) is 1.85. The Morgan fingerprint density at radius 3 is 2.32 bits per heavy atom. The van der Waals surface area contributed by atoms with Gasteiger partial charge in [0.15, 0.2) is 0 Å². The fourth-order valence-electron chi connectivity index (χ4n) is 3.61. The van der Waals surface area contributed by atoms with Gasteiger partial charge in [-0.25, -0.2) is 0 Å². The van der Waals surface area contributed by atoms with Crippen molar-refractivity contribution >= 4 is 10.9 Å². The number of para-hydroxylation sites is 1. The van der Waals surface area contributed by atoms with Gasteiger partial charge in [0.05, 0.1) is 12.1 Å². The Morgan fingerprint density at radius 1 is 0.893 bits per heavy atom. The molecule has 2 N–H and O–H groups in total. The number of hydrogen-bond acceptors (Lipinski definition) is 3. The summed E-state index contributed by atoms with van der Waals surface area (Å²) >= 11 is 0. The van der Waals surface area contributed by atoms with E-state index in [-0.39, 0.29) is 6.04 Å². The molecule has 0 aliphatic heterocycles. The number of hydrogen-bond donors (Lipinski definition) is 2. The van der Waals surface area contributed by atoms with Crippen LogP contribution < -0.4 is 10.1 Å². The largest absolute Gasteiger partial charge is 0.457 e. The molecule has 0 saturated carbocycles. The molecule has 0 unspecified atom stereocenters. The highest BCUT2D eigenvalue weighted by atomic mass is 16.5. The van der Waals surface area contributed by atoms with Gasteiger partial charge in [0, 0.05) is 23.6 Å². The predicted molar refractivity (Wildman–Crippen MR) is 113 cm³/mol. The van der Waals surface area contributed by atoms with Crippen molar-refractivity contribution in [1.82, 2.24) is 9.88 Å². The highest BCUT2D eigenvalue weighted by Crippen LogP contribution is 2.31. The van der Waals surface area contributed by atoms with Crippen molar-refractivity contribution in [3.63, 3.8) is 0 Å². The number of fused-ring (bicyclic) bond motifs is 1. The van der Waals surface area contributed by atoms with Gasteiger partial charge in [-0.1, -0.05) is 48.5 Å². The molecule has 28 heavy (non-hydrogen) atoms. The van der Waals surface area contributed by atoms with Crippen LogP contribution in [0.1, 0.15) is 11.6 Å². The van der Waals surface area contributed by atoms with Crippen LogP contribution in [0.25, 0.3) is 10.9 Å². The molecule has 3 aromatic carbocycles. The van der Waals surface area contributed by atoms with Crippen molar-refractivity contribution in [3.05, 3.63) is 96.7 Å². The van der Waals surface area contributed by atoms with Gasteiger partial charge in [-0.3, -0.25) is 0 Å². The van der Waals surface area contributed by atoms with Gasteiger partial charge in [-0.05, 0) is 49.0 Å². The maximum Gasteiger partial charge on any atom is 0.128 e. The summed E-state index contributed by atoms with van der Waals surface area (Å²) in [5.74, 6) is 1.61. The van der Waals surface area contributed by atoms with Gasteiger partial charge < -0.3 is 19.7 Å². The quantitative estimate of drug-likeness (QED) is 0.498. The molecule has 0 fully saturated rings. The van der Waals surface area contributed by atoms with E-state index in [0.29, 0.717) is 6.54 Å². The number of rotatable bonds is 7. The minimum Gasteiger partial charge on any atom is -0.457 e. The number of ether oxygens (including phenoxy) is 1. The molecule has 1 aromatic heterocycles. The predicted octanol–water partition coefficient (Wildman–Crippen LogP) is 4.60. The van der Waals surface area contributed by atoms with Crippen LogP contribution in [0.5, 0.6) is 11.5 Å². The molecule has 4 rings (SSSR count). The third-order valence-electron chi connectivity index (χ3n) is 4.89. The normalized spacial score (nSPS) is 13.4. The first kappa shape index (κ1) is 18.3. The Labute approximate surface area is 165 Å². The number of nitrogens with zero attached hydrogens (tertiary/aromatic N) is 1. The second-order valence-corrected chi connectivity index (χ2v) is 6.84. The summed E-state index contributed by atoms with van der Waals surface area (Å²) < 4.78 is 8.10. The first-order valence-corrected chi connectivity index (χ1v) is 9.47. The van der Waals surface area contributed by atoms with Crippen LogP contribution in [0.4, 0.5) is 0 Å². The second-order valence-electron chi connectivity index (χ2n) is 6.84. The number of aliphatic hydroxyl groups is 1. The van der Waals surface area contributed by atoms with Crippen LogP contribution in [-0.2, 0) is 0 Å². The lowest BCUT2D eigenvalue weighted by Crippen LogP contribution is -2.33. The van der Waals surface area contributed by atoms with Crippen molar-refractivity contribution in [3.8, 4) is 11.5 Å². The molecule has 4 heteroatoms. The zero-order chi connectivity index (χ0) is 19.3. The molecule has 4 aromatic rings. The van der Waals surface area contributed by atoms with Crippen molar-refractivity contribution in [2.75, 3.05) is 13.6 Å². The Bertz CT molecular complexity index is 1030. The minimum absolute atomic E-state index is 0.174. The average molecular weight is 372 g/mol. The summed E-state index contributed by atoms with van der Waals surface area (Å²) in [5.41, 5.74) is 2.14. The lowest BCUT2D eigenvalue weighted by molar-refractivity contribution is 0.132. The van der Waals surface area contributed by atoms with Crippen LogP contribution in [0, 0.1) is 0 Å². The molecular formula is C24H24N2O2. The maximum absolute atomic E-state index is 10.8. The molecule has 142 valence electrons. The summed E-state index contributed by atoms with van der Waals surface area (Å²) in [5, 5.41) is 15.0. The molecule has 0 radical (unpaired) electrons. The van der Waals surface area contributed by atoms with Crippen LogP contribution in [-0.4, -0.2) is 29.4 Å². The van der Waals surface area contributed by atoms with Crippen LogP contribution in [0.15, 0.2) is 91.1 Å². The number of aromatic nitrogens is 1. The Balaban J connectivity index is 1.70.